The van der Waals surface area contributed by atoms with Gasteiger partial charge in [0.05, 0.1) is 24.1 Å². The number of fused-ring (bicyclic) bond motifs is 1. The van der Waals surface area contributed by atoms with Crippen molar-refractivity contribution in [1.82, 2.24) is 10.2 Å². The molecule has 3 N–H and O–H groups in total. The topological polar surface area (TPSA) is 76.0 Å². The van der Waals surface area contributed by atoms with Gasteiger partial charge >= 0.3 is 0 Å². The number of halogens is 1. The van der Waals surface area contributed by atoms with E-state index in [-0.39, 0.29) is 18.1 Å². The van der Waals surface area contributed by atoms with E-state index >= 15 is 0 Å². The third-order valence-electron chi connectivity index (χ3n) is 5.93. The summed E-state index contributed by atoms with van der Waals surface area (Å²) in [5.41, 5.74) is 0.668. The van der Waals surface area contributed by atoms with Gasteiger partial charge < -0.3 is 25.3 Å². The Bertz CT molecular complexity index is 725. The van der Waals surface area contributed by atoms with Gasteiger partial charge in [0.25, 0.3) is 0 Å². The number of piperidine rings is 1. The lowest BCUT2D eigenvalue weighted by Gasteiger charge is -2.43. The van der Waals surface area contributed by atoms with E-state index in [1.54, 1.807) is 17.0 Å². The molecule has 3 fully saturated rings. The monoisotopic (exact) mass is 393 g/mol. The van der Waals surface area contributed by atoms with Crippen molar-refractivity contribution in [1.29, 1.82) is 0 Å². The first-order valence-corrected chi connectivity index (χ1v) is 9.88. The summed E-state index contributed by atoms with van der Waals surface area (Å²) in [6, 6.07) is 4.96. The maximum absolute atomic E-state index is 13.4. The van der Waals surface area contributed by atoms with E-state index in [2.05, 4.69) is 5.32 Å². The van der Waals surface area contributed by atoms with Crippen LogP contribution >= 0.6 is 12.2 Å². The zero-order valence-electron chi connectivity index (χ0n) is 14.9. The van der Waals surface area contributed by atoms with Gasteiger partial charge in [0.2, 0.25) is 5.91 Å². The van der Waals surface area contributed by atoms with Gasteiger partial charge in [-0.2, -0.15) is 0 Å². The number of anilines is 1. The van der Waals surface area contributed by atoms with Crippen LogP contribution in [-0.4, -0.2) is 63.5 Å². The number of carbonyl (C=O) groups excluding carboxylic acids is 1. The predicted octanol–water partition coefficient (Wildman–Crippen LogP) is 1.01. The molecule has 3 aliphatic rings. The van der Waals surface area contributed by atoms with Crippen molar-refractivity contribution in [3.8, 4) is 0 Å². The van der Waals surface area contributed by atoms with Gasteiger partial charge in [-0.15, -0.1) is 0 Å². The van der Waals surface area contributed by atoms with Crippen molar-refractivity contribution in [2.24, 2.45) is 5.92 Å². The molecular formula is C19H24FN3O3S. The number of benzene rings is 1. The Morgan fingerprint density at radius 1 is 1.15 bits per heavy atom. The average Bonchev–Trinajstić information content (AvgIpc) is 3.03. The van der Waals surface area contributed by atoms with E-state index in [1.165, 1.54) is 12.1 Å². The quantitative estimate of drug-likeness (QED) is 0.652. The maximum atomic E-state index is 13.4. The molecule has 0 radical (unpaired) electrons. The average molecular weight is 393 g/mol. The second kappa shape index (κ2) is 7.33. The summed E-state index contributed by atoms with van der Waals surface area (Å²) in [5, 5.41) is 24.3. The Kier molecular flexibility index (Phi) is 5.05. The molecule has 0 aromatic heterocycles. The lowest BCUT2D eigenvalue weighted by Crippen LogP contribution is -2.61. The molecule has 5 atom stereocenters. The Morgan fingerprint density at radius 3 is 2.48 bits per heavy atom. The number of rotatable bonds is 2. The number of carbonyl (C=O) groups is 1. The second-order valence-electron chi connectivity index (χ2n) is 7.60. The molecule has 1 amide bonds. The van der Waals surface area contributed by atoms with E-state index in [4.69, 9.17) is 12.2 Å². The van der Waals surface area contributed by atoms with Crippen LogP contribution in [0.1, 0.15) is 25.7 Å². The van der Waals surface area contributed by atoms with E-state index in [1.807, 2.05) is 4.90 Å². The molecule has 0 bridgehead atoms. The lowest BCUT2D eigenvalue weighted by molar-refractivity contribution is -0.142. The largest absolute Gasteiger partial charge is 0.390 e. The number of likely N-dealkylation sites (tertiary alicyclic amines) is 1. The second-order valence-corrected chi connectivity index (χ2v) is 7.99. The Morgan fingerprint density at radius 2 is 1.81 bits per heavy atom. The zero-order chi connectivity index (χ0) is 19.1. The van der Waals surface area contributed by atoms with Gasteiger partial charge in [-0.25, -0.2) is 4.39 Å². The number of nitrogens with one attached hydrogen (secondary N) is 1. The Hall–Kier alpha value is -1.77. The molecule has 1 aromatic rings. The highest BCUT2D eigenvalue weighted by atomic mass is 32.1. The smallest absolute Gasteiger partial charge is 0.227 e. The summed E-state index contributed by atoms with van der Waals surface area (Å²) in [4.78, 5) is 16.9. The fraction of sp³-hybridized carbons (Fsp3) is 0.579. The fourth-order valence-electron chi connectivity index (χ4n) is 4.58. The van der Waals surface area contributed by atoms with Crippen LogP contribution in [0.3, 0.4) is 0 Å². The van der Waals surface area contributed by atoms with Crippen LogP contribution in [0.4, 0.5) is 10.1 Å². The normalized spacial score (nSPS) is 33.6. The highest BCUT2D eigenvalue weighted by molar-refractivity contribution is 7.80. The van der Waals surface area contributed by atoms with Gasteiger partial charge in [0.15, 0.2) is 5.11 Å². The molecule has 0 spiro atoms. The number of amides is 1. The summed E-state index contributed by atoms with van der Waals surface area (Å²) < 4.78 is 13.4. The number of thiocarbonyl (C=S) groups is 1. The molecule has 4 rings (SSSR count). The molecule has 6 nitrogen and oxygen atoms in total. The van der Waals surface area contributed by atoms with Crippen molar-refractivity contribution < 1.29 is 19.4 Å². The van der Waals surface area contributed by atoms with Crippen LogP contribution in [0.2, 0.25) is 0 Å². The van der Waals surface area contributed by atoms with Crippen LogP contribution in [0.25, 0.3) is 0 Å². The van der Waals surface area contributed by atoms with Crippen LogP contribution in [0, 0.1) is 11.7 Å². The predicted molar refractivity (Wildman–Crippen MR) is 103 cm³/mol. The molecule has 2 saturated heterocycles. The number of nitrogens with zero attached hydrogens (tertiary/aromatic N) is 2. The minimum atomic E-state index is -1.02. The summed E-state index contributed by atoms with van der Waals surface area (Å²) in [7, 11) is 0. The SMILES string of the molecule is O=C([C@@H]1C[C@@H](O)[C@H](O)[C@@H]2NC(=S)N(c3ccc(F)cc3)[C@H]21)N1CCCCC1. The molecule has 1 aromatic carbocycles. The first-order valence-electron chi connectivity index (χ1n) is 9.47. The number of aliphatic hydroxyl groups is 2. The van der Waals surface area contributed by atoms with Crippen LogP contribution in [0.15, 0.2) is 24.3 Å². The molecule has 1 aliphatic carbocycles. The van der Waals surface area contributed by atoms with Crippen molar-refractivity contribution >= 4 is 28.9 Å². The van der Waals surface area contributed by atoms with Gasteiger partial charge in [-0.1, -0.05) is 0 Å². The first-order chi connectivity index (χ1) is 13.0. The summed E-state index contributed by atoms with van der Waals surface area (Å²) in [6.45, 7) is 1.44. The van der Waals surface area contributed by atoms with Gasteiger partial charge in [0.1, 0.15) is 11.9 Å². The van der Waals surface area contributed by atoms with E-state index in [0.29, 0.717) is 10.8 Å². The van der Waals surface area contributed by atoms with E-state index < -0.39 is 30.2 Å². The maximum Gasteiger partial charge on any atom is 0.227 e. The highest BCUT2D eigenvalue weighted by Crippen LogP contribution is 2.37. The highest BCUT2D eigenvalue weighted by Gasteiger charge is 2.54. The molecule has 1 saturated carbocycles. The number of aliphatic hydroxyl groups excluding tert-OH is 2. The van der Waals surface area contributed by atoms with Crippen LogP contribution in [-0.2, 0) is 4.79 Å². The van der Waals surface area contributed by atoms with Gasteiger partial charge in [0, 0.05) is 18.8 Å². The minimum absolute atomic E-state index is 0.00531. The van der Waals surface area contributed by atoms with Gasteiger partial charge in [-0.05, 0) is 62.2 Å². The van der Waals surface area contributed by atoms with Crippen molar-refractivity contribution in [3.63, 3.8) is 0 Å². The third-order valence-corrected chi connectivity index (χ3v) is 6.25. The van der Waals surface area contributed by atoms with E-state index in [9.17, 15) is 19.4 Å². The lowest BCUT2D eigenvalue weighted by atomic mass is 9.76. The molecule has 27 heavy (non-hydrogen) atoms. The van der Waals surface area contributed by atoms with Crippen molar-refractivity contribution in [2.75, 3.05) is 18.0 Å². The van der Waals surface area contributed by atoms with Crippen molar-refractivity contribution in [2.45, 2.75) is 50.0 Å². The van der Waals surface area contributed by atoms with Gasteiger partial charge in [-0.3, -0.25) is 4.79 Å². The molecule has 146 valence electrons. The number of hydrogen-bond acceptors (Lipinski definition) is 4. The molecular weight excluding hydrogens is 369 g/mol. The van der Waals surface area contributed by atoms with Crippen LogP contribution < -0.4 is 10.2 Å². The Balaban J connectivity index is 1.68. The zero-order valence-corrected chi connectivity index (χ0v) is 15.7. The molecule has 2 heterocycles. The minimum Gasteiger partial charge on any atom is -0.390 e. The summed E-state index contributed by atoms with van der Waals surface area (Å²) in [5.74, 6) is -0.854. The standard InChI is InChI=1S/C19H24FN3O3S/c20-11-4-6-12(7-5-11)23-16-13(18(26)22-8-2-1-3-9-22)10-14(24)17(25)15(16)21-19(23)27/h4-7,13-17,24-25H,1-3,8-10H2,(H,21,27)/t13-,14-,15-,16+,17+/m1/s1. The first kappa shape index (κ1) is 18.6. The fourth-order valence-corrected chi connectivity index (χ4v) is 4.94. The molecule has 0 unspecified atom stereocenters. The number of hydrogen-bond donors (Lipinski definition) is 3. The molecule has 2 aliphatic heterocycles. The Labute approximate surface area is 163 Å². The van der Waals surface area contributed by atoms with Crippen LogP contribution in [0.5, 0.6) is 0 Å². The third kappa shape index (κ3) is 3.30. The molecule has 8 heteroatoms. The van der Waals surface area contributed by atoms with Crippen molar-refractivity contribution in [3.05, 3.63) is 30.1 Å². The van der Waals surface area contributed by atoms with E-state index in [0.717, 1.165) is 32.4 Å². The summed E-state index contributed by atoms with van der Waals surface area (Å²) in [6.07, 6.45) is 1.25. The summed E-state index contributed by atoms with van der Waals surface area (Å²) >= 11 is 5.46.